The van der Waals surface area contributed by atoms with Gasteiger partial charge in [-0.2, -0.15) is 0 Å². The number of nitrogens with zero attached hydrogens (tertiary/aromatic N) is 1. The van der Waals surface area contributed by atoms with Gasteiger partial charge in [0.05, 0.1) is 17.6 Å². The molecule has 0 atom stereocenters. The van der Waals surface area contributed by atoms with Crippen molar-refractivity contribution in [3.05, 3.63) is 73.8 Å². The van der Waals surface area contributed by atoms with Crippen LogP contribution in [0.25, 0.3) is 11.8 Å². The number of nitro groups is 1. The fraction of sp³-hybridized carbons (Fsp3) is 0.100. The lowest BCUT2D eigenvalue weighted by molar-refractivity contribution is -0.385. The second-order valence-electron chi connectivity index (χ2n) is 5.93. The highest BCUT2D eigenvalue weighted by Crippen LogP contribution is 2.39. The first-order chi connectivity index (χ1) is 13.8. The van der Waals surface area contributed by atoms with Gasteiger partial charge in [0, 0.05) is 23.0 Å². The molecular formula is C20H14BrNO7. The maximum Gasteiger partial charge on any atom is 0.343 e. The number of esters is 2. The van der Waals surface area contributed by atoms with E-state index in [1.165, 1.54) is 25.3 Å². The summed E-state index contributed by atoms with van der Waals surface area (Å²) in [5, 5.41) is 11.4. The van der Waals surface area contributed by atoms with Crippen molar-refractivity contribution in [2.75, 3.05) is 7.11 Å². The third-order valence-electron chi connectivity index (χ3n) is 3.90. The Bertz CT molecular complexity index is 1070. The minimum absolute atomic E-state index is 0.00951. The number of nitro benzene ring substituents is 1. The Kier molecular flexibility index (Phi) is 5.79. The predicted octanol–water partition coefficient (Wildman–Crippen LogP) is 4.27. The second kappa shape index (κ2) is 8.27. The predicted molar refractivity (Wildman–Crippen MR) is 107 cm³/mol. The quantitative estimate of drug-likeness (QED) is 0.216. The molecule has 2 aromatic rings. The van der Waals surface area contributed by atoms with Crippen LogP contribution >= 0.6 is 15.9 Å². The highest BCUT2D eigenvalue weighted by molar-refractivity contribution is 9.10. The Hall–Kier alpha value is -3.46. The zero-order valence-electron chi connectivity index (χ0n) is 15.3. The number of methoxy groups -OCH3 is 1. The minimum atomic E-state index is -0.723. The lowest BCUT2D eigenvalue weighted by atomic mass is 10.1. The second-order valence-corrected chi connectivity index (χ2v) is 6.84. The molecule has 0 aromatic heterocycles. The number of carbonyl (C=O) groups is 2. The molecule has 0 radical (unpaired) electrons. The summed E-state index contributed by atoms with van der Waals surface area (Å²) in [7, 11) is 1.29. The Balaban J connectivity index is 2.04. The molecular weight excluding hydrogens is 446 g/mol. The molecule has 1 heterocycles. The number of carbonyl (C=O) groups excluding carboxylic acids is 2. The third kappa shape index (κ3) is 4.52. The SMILES string of the molecule is COc1cc(/C=C2\C=C(c3ccc(Br)cc3)OC2=O)cc([N+](=O)[O-])c1OC(C)=O. The molecule has 8 nitrogen and oxygen atoms in total. The fourth-order valence-electron chi connectivity index (χ4n) is 2.65. The number of rotatable bonds is 5. The van der Waals surface area contributed by atoms with E-state index in [1.54, 1.807) is 18.2 Å². The lowest BCUT2D eigenvalue weighted by Crippen LogP contribution is -2.06. The average molecular weight is 460 g/mol. The van der Waals surface area contributed by atoms with Crippen LogP contribution in [-0.4, -0.2) is 24.0 Å². The molecule has 0 fully saturated rings. The van der Waals surface area contributed by atoms with Gasteiger partial charge in [0.1, 0.15) is 5.76 Å². The molecule has 1 aliphatic rings. The van der Waals surface area contributed by atoms with Crippen LogP contribution < -0.4 is 9.47 Å². The minimum Gasteiger partial charge on any atom is -0.493 e. The van der Waals surface area contributed by atoms with E-state index in [1.807, 2.05) is 12.1 Å². The van der Waals surface area contributed by atoms with Crippen LogP contribution in [0.3, 0.4) is 0 Å². The van der Waals surface area contributed by atoms with Crippen molar-refractivity contribution in [3.63, 3.8) is 0 Å². The van der Waals surface area contributed by atoms with Crippen LogP contribution in [0, 0.1) is 10.1 Å². The summed E-state index contributed by atoms with van der Waals surface area (Å²) in [6, 6.07) is 9.81. The lowest BCUT2D eigenvalue weighted by Gasteiger charge is -2.09. The average Bonchev–Trinajstić information content (AvgIpc) is 3.03. The topological polar surface area (TPSA) is 105 Å². The molecule has 2 aromatic carbocycles. The van der Waals surface area contributed by atoms with Gasteiger partial charge in [-0.05, 0) is 35.9 Å². The van der Waals surface area contributed by atoms with Crippen LogP contribution in [0.1, 0.15) is 18.1 Å². The summed E-state index contributed by atoms with van der Waals surface area (Å²) in [6.45, 7) is 1.13. The molecule has 148 valence electrons. The molecule has 0 N–H and O–H groups in total. The number of hydrogen-bond acceptors (Lipinski definition) is 7. The van der Waals surface area contributed by atoms with Crippen LogP contribution in [-0.2, 0) is 14.3 Å². The number of ether oxygens (including phenoxy) is 3. The number of cyclic esters (lactones) is 1. The highest BCUT2D eigenvalue weighted by atomic mass is 79.9. The standard InChI is InChI=1S/C20H14BrNO7/c1-11(23)28-19-16(22(25)26)8-12(9-18(19)27-2)7-14-10-17(29-20(14)24)13-3-5-15(21)6-4-13/h3-10H,1-2H3/b14-7+. The molecule has 0 spiro atoms. The summed E-state index contributed by atoms with van der Waals surface area (Å²) in [4.78, 5) is 34.2. The summed E-state index contributed by atoms with van der Waals surface area (Å²) in [6.07, 6.45) is 2.98. The number of hydrogen-bond donors (Lipinski definition) is 0. The highest BCUT2D eigenvalue weighted by Gasteiger charge is 2.26. The molecule has 0 saturated heterocycles. The van der Waals surface area contributed by atoms with Crippen LogP contribution in [0.4, 0.5) is 5.69 Å². The zero-order chi connectivity index (χ0) is 21.1. The van der Waals surface area contributed by atoms with Crippen LogP contribution in [0.15, 0.2) is 52.5 Å². The smallest absolute Gasteiger partial charge is 0.343 e. The Labute approximate surface area is 173 Å². The molecule has 0 aliphatic carbocycles. The molecule has 29 heavy (non-hydrogen) atoms. The first kappa shape index (κ1) is 20.3. The van der Waals surface area contributed by atoms with E-state index in [-0.39, 0.29) is 17.1 Å². The Morgan fingerprint density at radius 1 is 1.24 bits per heavy atom. The molecule has 0 unspecified atom stereocenters. The van der Waals surface area contributed by atoms with Gasteiger partial charge in [0.15, 0.2) is 5.75 Å². The Morgan fingerprint density at radius 3 is 2.52 bits per heavy atom. The first-order valence-electron chi connectivity index (χ1n) is 8.25. The van der Waals surface area contributed by atoms with E-state index in [0.717, 1.165) is 11.4 Å². The van der Waals surface area contributed by atoms with Gasteiger partial charge >= 0.3 is 17.6 Å². The van der Waals surface area contributed by atoms with Crippen molar-refractivity contribution in [1.29, 1.82) is 0 Å². The first-order valence-corrected chi connectivity index (χ1v) is 9.04. The van der Waals surface area contributed by atoms with Crippen molar-refractivity contribution in [2.45, 2.75) is 6.92 Å². The van der Waals surface area contributed by atoms with Crippen molar-refractivity contribution in [3.8, 4) is 11.5 Å². The van der Waals surface area contributed by atoms with Gasteiger partial charge in [0.25, 0.3) is 0 Å². The third-order valence-corrected chi connectivity index (χ3v) is 4.42. The van der Waals surface area contributed by atoms with E-state index in [4.69, 9.17) is 14.2 Å². The van der Waals surface area contributed by atoms with Crippen molar-refractivity contribution < 1.29 is 28.7 Å². The van der Waals surface area contributed by atoms with E-state index in [0.29, 0.717) is 16.9 Å². The van der Waals surface area contributed by atoms with E-state index in [2.05, 4.69) is 15.9 Å². The van der Waals surface area contributed by atoms with Crippen molar-refractivity contribution in [2.24, 2.45) is 0 Å². The Morgan fingerprint density at radius 2 is 1.93 bits per heavy atom. The molecule has 0 amide bonds. The van der Waals surface area contributed by atoms with Gasteiger partial charge in [-0.15, -0.1) is 0 Å². The van der Waals surface area contributed by atoms with Gasteiger partial charge in [0.2, 0.25) is 5.75 Å². The fourth-order valence-corrected chi connectivity index (χ4v) is 2.91. The summed E-state index contributed by atoms with van der Waals surface area (Å²) >= 11 is 3.34. The van der Waals surface area contributed by atoms with E-state index in [9.17, 15) is 19.7 Å². The van der Waals surface area contributed by atoms with E-state index >= 15 is 0 Å². The number of halogens is 1. The summed E-state index contributed by atoms with van der Waals surface area (Å²) in [5.41, 5.74) is 0.762. The van der Waals surface area contributed by atoms with Gasteiger partial charge in [-0.1, -0.05) is 28.1 Å². The molecule has 9 heteroatoms. The van der Waals surface area contributed by atoms with Gasteiger partial charge < -0.3 is 14.2 Å². The van der Waals surface area contributed by atoms with Crippen LogP contribution in [0.5, 0.6) is 11.5 Å². The monoisotopic (exact) mass is 459 g/mol. The van der Waals surface area contributed by atoms with Crippen LogP contribution in [0.2, 0.25) is 0 Å². The maximum absolute atomic E-state index is 12.2. The van der Waals surface area contributed by atoms with Crippen molar-refractivity contribution >= 4 is 45.4 Å². The normalized spacial score (nSPS) is 14.4. The van der Waals surface area contributed by atoms with Gasteiger partial charge in [-0.25, -0.2) is 4.79 Å². The zero-order valence-corrected chi connectivity index (χ0v) is 16.9. The molecule has 0 saturated carbocycles. The summed E-state index contributed by atoms with van der Waals surface area (Å²) < 4.78 is 16.2. The summed E-state index contributed by atoms with van der Waals surface area (Å²) in [5.74, 6) is -1.25. The van der Waals surface area contributed by atoms with Gasteiger partial charge in [-0.3, -0.25) is 14.9 Å². The largest absolute Gasteiger partial charge is 0.493 e. The maximum atomic E-state index is 12.2. The molecule has 0 bridgehead atoms. The number of benzene rings is 2. The molecule has 3 rings (SSSR count). The molecule has 1 aliphatic heterocycles. The van der Waals surface area contributed by atoms with E-state index < -0.39 is 22.5 Å². The van der Waals surface area contributed by atoms with Crippen molar-refractivity contribution in [1.82, 2.24) is 0 Å².